The van der Waals surface area contributed by atoms with Crippen LogP contribution in [0.5, 0.6) is 0 Å². The average Bonchev–Trinajstić information content (AvgIpc) is 2.95. The molecule has 19 heavy (non-hydrogen) atoms. The standard InChI is InChI=1S/C13H13ClN4S/c1-8-7-19-12(16-8)6-18-11-3-4-15-5-10(11)17-13(18)9(2)14/h3-5,7,9H,6H2,1-2H3. The Hall–Kier alpha value is -1.46. The highest BCUT2D eigenvalue weighted by molar-refractivity contribution is 7.09. The second-order valence-electron chi connectivity index (χ2n) is 4.42. The Balaban J connectivity index is 2.12. The summed E-state index contributed by atoms with van der Waals surface area (Å²) in [4.78, 5) is 13.2. The zero-order chi connectivity index (χ0) is 13.4. The SMILES string of the molecule is Cc1csc(Cn2c(C(C)Cl)nc3cnccc32)n1. The number of rotatable bonds is 3. The molecule has 0 aliphatic rings. The van der Waals surface area contributed by atoms with E-state index >= 15 is 0 Å². The zero-order valence-corrected chi connectivity index (χ0v) is 12.2. The third-order valence-corrected chi connectivity index (χ3v) is 4.04. The Labute approximate surface area is 120 Å². The molecular weight excluding hydrogens is 280 g/mol. The fraction of sp³-hybridized carbons (Fsp3) is 0.308. The molecule has 0 aromatic carbocycles. The summed E-state index contributed by atoms with van der Waals surface area (Å²) in [6, 6.07) is 1.96. The van der Waals surface area contributed by atoms with Crippen LogP contribution in [-0.4, -0.2) is 19.5 Å². The van der Waals surface area contributed by atoms with E-state index < -0.39 is 0 Å². The summed E-state index contributed by atoms with van der Waals surface area (Å²) in [5.74, 6) is 0.859. The Morgan fingerprint density at radius 1 is 1.42 bits per heavy atom. The van der Waals surface area contributed by atoms with Crippen molar-refractivity contribution in [2.75, 3.05) is 0 Å². The molecule has 0 saturated carbocycles. The van der Waals surface area contributed by atoms with E-state index in [1.807, 2.05) is 19.9 Å². The number of thiazole rings is 1. The van der Waals surface area contributed by atoms with Gasteiger partial charge in [0.2, 0.25) is 0 Å². The van der Waals surface area contributed by atoms with Crippen molar-refractivity contribution in [3.63, 3.8) is 0 Å². The molecule has 0 spiro atoms. The summed E-state index contributed by atoms with van der Waals surface area (Å²) in [6.45, 7) is 4.63. The number of hydrogen-bond donors (Lipinski definition) is 0. The first kappa shape index (κ1) is 12.6. The van der Waals surface area contributed by atoms with Crippen molar-refractivity contribution in [2.45, 2.75) is 25.8 Å². The lowest BCUT2D eigenvalue weighted by Crippen LogP contribution is -2.05. The van der Waals surface area contributed by atoms with Crippen LogP contribution in [-0.2, 0) is 6.54 Å². The van der Waals surface area contributed by atoms with Gasteiger partial charge in [-0.05, 0) is 19.9 Å². The highest BCUT2D eigenvalue weighted by Gasteiger charge is 2.16. The Kier molecular flexibility index (Phi) is 3.24. The van der Waals surface area contributed by atoms with Gasteiger partial charge in [-0.2, -0.15) is 0 Å². The largest absolute Gasteiger partial charge is 0.320 e. The molecule has 0 aliphatic carbocycles. The number of aromatic nitrogens is 4. The first-order valence-corrected chi connectivity index (χ1v) is 7.32. The summed E-state index contributed by atoms with van der Waals surface area (Å²) in [5.41, 5.74) is 2.97. The Morgan fingerprint density at radius 2 is 2.26 bits per heavy atom. The third kappa shape index (κ3) is 2.35. The van der Waals surface area contributed by atoms with Crippen LogP contribution in [0, 0.1) is 6.92 Å². The van der Waals surface area contributed by atoms with Gasteiger partial charge < -0.3 is 4.57 Å². The van der Waals surface area contributed by atoms with Crippen molar-refractivity contribution in [1.82, 2.24) is 19.5 Å². The lowest BCUT2D eigenvalue weighted by Gasteiger charge is -2.08. The highest BCUT2D eigenvalue weighted by Crippen LogP contribution is 2.25. The average molecular weight is 293 g/mol. The van der Waals surface area contributed by atoms with Crippen LogP contribution >= 0.6 is 22.9 Å². The lowest BCUT2D eigenvalue weighted by atomic mass is 10.4. The molecule has 1 atom stereocenters. The van der Waals surface area contributed by atoms with Crippen molar-refractivity contribution in [2.24, 2.45) is 0 Å². The minimum absolute atomic E-state index is 0.145. The van der Waals surface area contributed by atoms with Crippen molar-refractivity contribution in [1.29, 1.82) is 0 Å². The van der Waals surface area contributed by atoms with E-state index in [1.54, 1.807) is 23.7 Å². The number of imidazole rings is 1. The molecule has 6 heteroatoms. The molecule has 1 unspecified atom stereocenters. The van der Waals surface area contributed by atoms with Gasteiger partial charge >= 0.3 is 0 Å². The number of halogens is 1. The normalized spacial score (nSPS) is 13.0. The van der Waals surface area contributed by atoms with Crippen molar-refractivity contribution < 1.29 is 0 Å². The maximum Gasteiger partial charge on any atom is 0.128 e. The maximum absolute atomic E-state index is 6.23. The van der Waals surface area contributed by atoms with E-state index in [-0.39, 0.29) is 5.38 Å². The first-order valence-electron chi connectivity index (χ1n) is 6.00. The van der Waals surface area contributed by atoms with Gasteiger partial charge in [-0.25, -0.2) is 9.97 Å². The molecule has 3 aromatic rings. The molecule has 3 rings (SSSR count). The molecule has 0 bridgehead atoms. The second-order valence-corrected chi connectivity index (χ2v) is 6.02. The van der Waals surface area contributed by atoms with E-state index in [9.17, 15) is 0 Å². The fourth-order valence-corrected chi connectivity index (χ4v) is 3.01. The number of fused-ring (bicyclic) bond motifs is 1. The van der Waals surface area contributed by atoms with Crippen LogP contribution in [0.3, 0.4) is 0 Å². The van der Waals surface area contributed by atoms with Crippen LogP contribution < -0.4 is 0 Å². The van der Waals surface area contributed by atoms with Gasteiger partial charge in [0.1, 0.15) is 16.3 Å². The molecule has 4 nitrogen and oxygen atoms in total. The minimum atomic E-state index is -0.145. The predicted octanol–water partition coefficient (Wildman–Crippen LogP) is 3.54. The van der Waals surface area contributed by atoms with E-state index in [1.165, 1.54) is 0 Å². The van der Waals surface area contributed by atoms with Crippen LogP contribution in [0.4, 0.5) is 0 Å². The summed E-state index contributed by atoms with van der Waals surface area (Å²) in [7, 11) is 0. The maximum atomic E-state index is 6.23. The summed E-state index contributed by atoms with van der Waals surface area (Å²) >= 11 is 7.89. The topological polar surface area (TPSA) is 43.6 Å². The molecule has 3 heterocycles. The molecule has 0 N–H and O–H groups in total. The van der Waals surface area contributed by atoms with Gasteiger partial charge in [0, 0.05) is 17.3 Å². The number of alkyl halides is 1. The number of hydrogen-bond acceptors (Lipinski definition) is 4. The number of aryl methyl sites for hydroxylation is 1. The van der Waals surface area contributed by atoms with Crippen LogP contribution in [0.2, 0.25) is 0 Å². The molecule has 0 saturated heterocycles. The lowest BCUT2D eigenvalue weighted by molar-refractivity contribution is 0.737. The molecule has 0 fully saturated rings. The van der Waals surface area contributed by atoms with Gasteiger partial charge in [-0.15, -0.1) is 22.9 Å². The van der Waals surface area contributed by atoms with Gasteiger partial charge in [0.05, 0.1) is 23.6 Å². The van der Waals surface area contributed by atoms with Crippen molar-refractivity contribution >= 4 is 34.0 Å². The number of pyridine rings is 1. The third-order valence-electron chi connectivity index (χ3n) is 2.90. The van der Waals surface area contributed by atoms with Crippen LogP contribution in [0.1, 0.15) is 28.8 Å². The molecule has 0 radical (unpaired) electrons. The van der Waals surface area contributed by atoms with Gasteiger partial charge in [0.15, 0.2) is 0 Å². The molecule has 98 valence electrons. The molecule has 0 amide bonds. The highest BCUT2D eigenvalue weighted by atomic mass is 35.5. The van der Waals surface area contributed by atoms with Crippen molar-refractivity contribution in [3.05, 3.63) is 40.4 Å². The second kappa shape index (κ2) is 4.90. The monoisotopic (exact) mass is 292 g/mol. The first-order chi connectivity index (χ1) is 9.15. The smallest absolute Gasteiger partial charge is 0.128 e. The van der Waals surface area contributed by atoms with E-state index in [4.69, 9.17) is 11.6 Å². The Morgan fingerprint density at radius 3 is 2.95 bits per heavy atom. The quantitative estimate of drug-likeness (QED) is 0.694. The Bertz CT molecular complexity index is 716. The zero-order valence-electron chi connectivity index (χ0n) is 10.7. The molecular formula is C13H13ClN4S. The number of nitrogens with zero attached hydrogens (tertiary/aromatic N) is 4. The summed E-state index contributed by atoms with van der Waals surface area (Å²) in [6.07, 6.45) is 3.54. The van der Waals surface area contributed by atoms with Crippen molar-refractivity contribution in [3.8, 4) is 0 Å². The van der Waals surface area contributed by atoms with Crippen LogP contribution in [0.25, 0.3) is 11.0 Å². The van der Waals surface area contributed by atoms with E-state index in [0.717, 1.165) is 27.6 Å². The van der Waals surface area contributed by atoms with Gasteiger partial charge in [-0.1, -0.05) is 0 Å². The predicted molar refractivity (Wildman–Crippen MR) is 77.7 cm³/mol. The fourth-order valence-electron chi connectivity index (χ4n) is 2.08. The molecule has 0 aliphatic heterocycles. The summed E-state index contributed by atoms with van der Waals surface area (Å²) in [5, 5.41) is 2.97. The minimum Gasteiger partial charge on any atom is -0.320 e. The summed E-state index contributed by atoms with van der Waals surface area (Å²) < 4.78 is 2.12. The van der Waals surface area contributed by atoms with Gasteiger partial charge in [0.25, 0.3) is 0 Å². The van der Waals surface area contributed by atoms with E-state index in [2.05, 4.69) is 24.9 Å². The van der Waals surface area contributed by atoms with Crippen LogP contribution in [0.15, 0.2) is 23.8 Å². The van der Waals surface area contributed by atoms with E-state index in [0.29, 0.717) is 6.54 Å². The molecule has 3 aromatic heterocycles. The van der Waals surface area contributed by atoms with Gasteiger partial charge in [-0.3, -0.25) is 4.98 Å².